The number of nitrogens with two attached hydrogens (primary N) is 1. The van der Waals surface area contributed by atoms with Crippen LogP contribution < -0.4 is 5.73 Å². The molecule has 16 heavy (non-hydrogen) atoms. The second kappa shape index (κ2) is 3.44. The largest absolute Gasteiger partial charge is 0.349 e. The van der Waals surface area contributed by atoms with E-state index in [1.165, 1.54) is 12.8 Å². The zero-order valence-corrected chi connectivity index (χ0v) is 10.4. The molecule has 1 unspecified atom stereocenters. The van der Waals surface area contributed by atoms with Crippen LogP contribution in [0.25, 0.3) is 0 Å². The van der Waals surface area contributed by atoms with Gasteiger partial charge in [0, 0.05) is 24.3 Å². The van der Waals surface area contributed by atoms with Crippen LogP contribution in [0.3, 0.4) is 0 Å². The predicted octanol–water partition coefficient (Wildman–Crippen LogP) is 1.90. The summed E-state index contributed by atoms with van der Waals surface area (Å²) in [5.74, 6) is 1.25. The first-order valence-corrected chi connectivity index (χ1v) is 6.52. The average molecular weight is 225 g/mol. The molecule has 2 saturated carbocycles. The van der Waals surface area contributed by atoms with Gasteiger partial charge < -0.3 is 15.2 Å². The molecule has 0 bridgehead atoms. The molecule has 0 amide bonds. The van der Waals surface area contributed by atoms with Crippen molar-refractivity contribution in [2.45, 2.75) is 51.4 Å². The molecule has 3 atom stereocenters. The van der Waals surface area contributed by atoms with Gasteiger partial charge in [-0.05, 0) is 24.7 Å². The van der Waals surface area contributed by atoms with Gasteiger partial charge in [0.1, 0.15) is 0 Å². The fourth-order valence-corrected chi connectivity index (χ4v) is 3.61. The Hall–Kier alpha value is -0.120. The lowest BCUT2D eigenvalue weighted by atomic mass is 9.94. The third kappa shape index (κ3) is 1.79. The van der Waals surface area contributed by atoms with E-state index in [1.54, 1.807) is 0 Å². The van der Waals surface area contributed by atoms with E-state index in [1.807, 2.05) is 0 Å². The summed E-state index contributed by atoms with van der Waals surface area (Å²) in [5.41, 5.74) is 6.18. The van der Waals surface area contributed by atoms with E-state index in [0.717, 1.165) is 37.9 Å². The molecule has 3 heteroatoms. The number of ether oxygens (including phenoxy) is 2. The van der Waals surface area contributed by atoms with E-state index in [4.69, 9.17) is 15.2 Å². The standard InChI is InChI=1S/C13H23NO2/c1-12(2)7-15-13(16-8-12)5-9-3-11(14)4-10(9)6-13/h9-11H,3-8,14H2,1-2H3/t9-,10+,11?. The van der Waals surface area contributed by atoms with Crippen LogP contribution >= 0.6 is 0 Å². The van der Waals surface area contributed by atoms with Crippen LogP contribution in [0.4, 0.5) is 0 Å². The molecule has 2 N–H and O–H groups in total. The second-order valence-electron chi connectivity index (χ2n) is 6.81. The lowest BCUT2D eigenvalue weighted by Crippen LogP contribution is -2.46. The Morgan fingerprint density at radius 1 is 1.00 bits per heavy atom. The van der Waals surface area contributed by atoms with Crippen LogP contribution in [0.2, 0.25) is 0 Å². The normalized spacial score (nSPS) is 44.8. The number of fused-ring (bicyclic) bond motifs is 1. The van der Waals surface area contributed by atoms with E-state index in [0.29, 0.717) is 6.04 Å². The Morgan fingerprint density at radius 2 is 1.50 bits per heavy atom. The molecule has 1 aliphatic heterocycles. The van der Waals surface area contributed by atoms with Crippen molar-refractivity contribution in [1.82, 2.24) is 0 Å². The Labute approximate surface area is 97.7 Å². The minimum Gasteiger partial charge on any atom is -0.349 e. The molecule has 0 radical (unpaired) electrons. The molecule has 3 rings (SSSR count). The smallest absolute Gasteiger partial charge is 0.168 e. The molecule has 1 heterocycles. The van der Waals surface area contributed by atoms with Crippen molar-refractivity contribution < 1.29 is 9.47 Å². The summed E-state index contributed by atoms with van der Waals surface area (Å²) in [6.45, 7) is 6.06. The van der Waals surface area contributed by atoms with Gasteiger partial charge in [-0.3, -0.25) is 0 Å². The number of hydrogen-bond acceptors (Lipinski definition) is 3. The molecule has 2 aliphatic carbocycles. The summed E-state index contributed by atoms with van der Waals surface area (Å²) in [6.07, 6.45) is 4.48. The lowest BCUT2D eigenvalue weighted by Gasteiger charge is -2.42. The maximum atomic E-state index is 6.05. The highest BCUT2D eigenvalue weighted by molar-refractivity contribution is 4.99. The van der Waals surface area contributed by atoms with Crippen molar-refractivity contribution in [3.8, 4) is 0 Å². The fourth-order valence-electron chi connectivity index (χ4n) is 3.61. The van der Waals surface area contributed by atoms with Gasteiger partial charge in [0.05, 0.1) is 13.2 Å². The van der Waals surface area contributed by atoms with Gasteiger partial charge in [0.25, 0.3) is 0 Å². The van der Waals surface area contributed by atoms with E-state index >= 15 is 0 Å². The van der Waals surface area contributed by atoms with Gasteiger partial charge in [0.2, 0.25) is 0 Å². The molecule has 0 aromatic carbocycles. The molecule has 0 aromatic rings. The van der Waals surface area contributed by atoms with Crippen LogP contribution in [-0.4, -0.2) is 25.0 Å². The highest BCUT2D eigenvalue weighted by Crippen LogP contribution is 2.52. The van der Waals surface area contributed by atoms with Gasteiger partial charge in [-0.15, -0.1) is 0 Å². The Morgan fingerprint density at radius 3 is 2.00 bits per heavy atom. The van der Waals surface area contributed by atoms with Crippen LogP contribution in [0.5, 0.6) is 0 Å². The van der Waals surface area contributed by atoms with Crippen molar-refractivity contribution in [3.63, 3.8) is 0 Å². The maximum absolute atomic E-state index is 6.05. The number of hydrogen-bond donors (Lipinski definition) is 1. The van der Waals surface area contributed by atoms with Gasteiger partial charge in [0.15, 0.2) is 5.79 Å². The summed E-state index contributed by atoms with van der Waals surface area (Å²) in [7, 11) is 0. The minimum absolute atomic E-state index is 0.180. The van der Waals surface area contributed by atoms with Crippen molar-refractivity contribution in [3.05, 3.63) is 0 Å². The summed E-state index contributed by atoms with van der Waals surface area (Å²) < 4.78 is 12.1. The maximum Gasteiger partial charge on any atom is 0.168 e. The van der Waals surface area contributed by atoms with Crippen molar-refractivity contribution >= 4 is 0 Å². The summed E-state index contributed by atoms with van der Waals surface area (Å²) >= 11 is 0. The van der Waals surface area contributed by atoms with Gasteiger partial charge >= 0.3 is 0 Å². The molecule has 3 aliphatic rings. The highest BCUT2D eigenvalue weighted by Gasteiger charge is 2.52. The molecular weight excluding hydrogens is 202 g/mol. The van der Waals surface area contributed by atoms with Gasteiger partial charge in [-0.25, -0.2) is 0 Å². The van der Waals surface area contributed by atoms with Crippen LogP contribution in [0.1, 0.15) is 39.5 Å². The molecule has 92 valence electrons. The first kappa shape index (κ1) is 11.0. The molecule has 3 fully saturated rings. The van der Waals surface area contributed by atoms with E-state index in [2.05, 4.69) is 13.8 Å². The monoisotopic (exact) mass is 225 g/mol. The second-order valence-corrected chi connectivity index (χ2v) is 6.81. The first-order chi connectivity index (χ1) is 7.48. The Balaban J connectivity index is 1.66. The van der Waals surface area contributed by atoms with Crippen LogP contribution in [0, 0.1) is 17.3 Å². The lowest BCUT2D eigenvalue weighted by molar-refractivity contribution is -0.297. The van der Waals surface area contributed by atoms with E-state index < -0.39 is 0 Å². The molecule has 1 spiro atoms. The fraction of sp³-hybridized carbons (Fsp3) is 1.00. The van der Waals surface area contributed by atoms with Gasteiger partial charge in [-0.1, -0.05) is 13.8 Å². The SMILES string of the molecule is CC1(C)COC2(C[C@H]3CC(N)C[C@H]3C2)OC1. The number of rotatable bonds is 0. The van der Waals surface area contributed by atoms with E-state index in [-0.39, 0.29) is 11.2 Å². The van der Waals surface area contributed by atoms with Crippen molar-refractivity contribution in [2.24, 2.45) is 23.0 Å². The van der Waals surface area contributed by atoms with Crippen LogP contribution in [-0.2, 0) is 9.47 Å². The summed E-state index contributed by atoms with van der Waals surface area (Å²) in [6, 6.07) is 0.424. The summed E-state index contributed by atoms with van der Waals surface area (Å²) in [4.78, 5) is 0. The highest BCUT2D eigenvalue weighted by atomic mass is 16.7. The molecular formula is C13H23NO2. The predicted molar refractivity (Wildman–Crippen MR) is 61.8 cm³/mol. The van der Waals surface area contributed by atoms with Gasteiger partial charge in [-0.2, -0.15) is 0 Å². The molecule has 3 nitrogen and oxygen atoms in total. The third-order valence-corrected chi connectivity index (χ3v) is 4.48. The van der Waals surface area contributed by atoms with Crippen LogP contribution in [0.15, 0.2) is 0 Å². The quantitative estimate of drug-likeness (QED) is 0.685. The summed E-state index contributed by atoms with van der Waals surface area (Å²) in [5, 5.41) is 0. The Bertz CT molecular complexity index is 264. The van der Waals surface area contributed by atoms with E-state index in [9.17, 15) is 0 Å². The molecule has 1 saturated heterocycles. The zero-order chi connectivity index (χ0) is 11.4. The zero-order valence-electron chi connectivity index (χ0n) is 10.4. The van der Waals surface area contributed by atoms with Crippen molar-refractivity contribution in [1.29, 1.82) is 0 Å². The average Bonchev–Trinajstić information content (AvgIpc) is 2.66. The third-order valence-electron chi connectivity index (χ3n) is 4.48. The first-order valence-electron chi connectivity index (χ1n) is 6.52. The minimum atomic E-state index is -0.245. The molecule has 0 aromatic heterocycles. The Kier molecular flexibility index (Phi) is 2.36. The topological polar surface area (TPSA) is 44.5 Å². The van der Waals surface area contributed by atoms with Crippen molar-refractivity contribution in [2.75, 3.05) is 13.2 Å².